The van der Waals surface area contributed by atoms with E-state index in [1.807, 2.05) is 13.8 Å². The Balaban J connectivity index is 2.56. The molecule has 0 bridgehead atoms. The molecule has 0 aliphatic carbocycles. The van der Waals surface area contributed by atoms with E-state index < -0.39 is 24.5 Å². The van der Waals surface area contributed by atoms with Gasteiger partial charge in [-0.3, -0.25) is 9.59 Å². The molecule has 1 fully saturated rings. The lowest BCUT2D eigenvalue weighted by atomic mass is 9.89. The fourth-order valence-electron chi connectivity index (χ4n) is 5.55. The number of allylic oxidation sites excluding steroid dienone is 1. The van der Waals surface area contributed by atoms with Gasteiger partial charge >= 0.3 is 0 Å². The van der Waals surface area contributed by atoms with Crippen LogP contribution in [-0.4, -0.2) is 54.6 Å². The Labute approximate surface area is 251 Å². The van der Waals surface area contributed by atoms with Crippen LogP contribution in [0.1, 0.15) is 150 Å². The second-order valence-electron chi connectivity index (χ2n) is 11.9. The number of unbranched alkanes of at least 4 members (excludes halogenated alkanes) is 15. The first-order chi connectivity index (χ1) is 20.0. The number of aliphatic hydroxyl groups excluding tert-OH is 1. The average Bonchev–Trinajstić information content (AvgIpc) is 2.96. The second-order valence-corrected chi connectivity index (χ2v) is 11.9. The van der Waals surface area contributed by atoms with E-state index in [9.17, 15) is 14.7 Å². The minimum absolute atomic E-state index is 0.0363. The summed E-state index contributed by atoms with van der Waals surface area (Å²) in [7, 11) is 0. The number of hydrogen-bond donors (Lipinski definition) is 2. The predicted molar refractivity (Wildman–Crippen MR) is 167 cm³/mol. The Kier molecular flexibility index (Phi) is 23.0. The van der Waals surface area contributed by atoms with Gasteiger partial charge in [0.15, 0.2) is 0 Å². The zero-order valence-electron chi connectivity index (χ0n) is 26.9. The Morgan fingerprint density at radius 3 is 1.90 bits per heavy atom. The van der Waals surface area contributed by atoms with Gasteiger partial charge in [-0.15, -0.1) is 0 Å². The third-order valence-electron chi connectivity index (χ3n) is 8.14. The molecule has 0 aromatic carbocycles. The summed E-state index contributed by atoms with van der Waals surface area (Å²) < 4.78 is 18.2. The number of nitrogens with one attached hydrogen (secondary N) is 1. The summed E-state index contributed by atoms with van der Waals surface area (Å²) in [6.07, 6.45) is 22.3. The van der Waals surface area contributed by atoms with E-state index in [-0.39, 0.29) is 30.6 Å². The molecule has 1 rings (SSSR count). The molecule has 0 saturated carbocycles. The zero-order valence-corrected chi connectivity index (χ0v) is 26.9. The third-order valence-corrected chi connectivity index (χ3v) is 8.14. The normalized spacial score (nSPS) is 22.7. The van der Waals surface area contributed by atoms with Crippen LogP contribution in [0.2, 0.25) is 0 Å². The van der Waals surface area contributed by atoms with E-state index in [1.165, 1.54) is 83.3 Å². The van der Waals surface area contributed by atoms with Crippen molar-refractivity contribution in [1.29, 1.82) is 0 Å². The van der Waals surface area contributed by atoms with Crippen LogP contribution < -0.4 is 5.32 Å². The van der Waals surface area contributed by atoms with E-state index in [4.69, 9.17) is 14.2 Å². The van der Waals surface area contributed by atoms with Crippen LogP contribution in [0.4, 0.5) is 0 Å². The van der Waals surface area contributed by atoms with Crippen LogP contribution in [0.5, 0.6) is 0 Å². The summed E-state index contributed by atoms with van der Waals surface area (Å²) in [6, 6.07) is -0.578. The Hall–Kier alpha value is -1.44. The van der Waals surface area contributed by atoms with Crippen molar-refractivity contribution in [2.24, 2.45) is 5.92 Å². The van der Waals surface area contributed by atoms with Gasteiger partial charge in [-0.25, -0.2) is 0 Å². The number of Topliss-reactive ketones (excluding diaryl/α,β-unsaturated/α-hetero) is 1. The fraction of sp³-hybridized carbons (Fsp3) is 0.882. The van der Waals surface area contributed by atoms with Crippen LogP contribution >= 0.6 is 0 Å². The molecule has 0 aromatic heterocycles. The molecule has 7 heteroatoms. The minimum atomic E-state index is -0.806. The highest BCUT2D eigenvalue weighted by Gasteiger charge is 2.46. The number of carbonyl (C=O) groups excluding carboxylic acids is 2. The highest BCUT2D eigenvalue weighted by atomic mass is 16.7. The van der Waals surface area contributed by atoms with Crippen LogP contribution in [0.15, 0.2) is 12.3 Å². The van der Waals surface area contributed by atoms with E-state index in [2.05, 4.69) is 19.2 Å². The first-order valence-corrected chi connectivity index (χ1v) is 16.9. The van der Waals surface area contributed by atoms with Gasteiger partial charge in [0, 0.05) is 18.9 Å². The number of carbonyl (C=O) groups is 2. The van der Waals surface area contributed by atoms with E-state index in [0.29, 0.717) is 13.0 Å². The molecule has 1 amide bonds. The average molecular weight is 582 g/mol. The van der Waals surface area contributed by atoms with Gasteiger partial charge < -0.3 is 24.6 Å². The molecule has 0 radical (unpaired) electrons. The standard InChI is InChI=1S/C34H63NO6/c1-5-8-10-12-14-16-17-19-21-23-29(37)26-31(38)35-32-33(39-25-22-20-18-15-13-11-9-6-2)28(4)30(27-36)41-34(32)40-24-7-3/h7,24,28,30,32-34,36H,5-6,8-23,25-27H2,1-4H3,(H,35,38)/b24-7-/t28?,30-,32-,33+,34+/m1/s1. The summed E-state index contributed by atoms with van der Waals surface area (Å²) in [5.74, 6) is -0.516. The summed E-state index contributed by atoms with van der Waals surface area (Å²) in [4.78, 5) is 25.5. The van der Waals surface area contributed by atoms with E-state index in [0.717, 1.165) is 32.1 Å². The first-order valence-electron chi connectivity index (χ1n) is 16.9. The molecule has 7 nitrogen and oxygen atoms in total. The lowest BCUT2D eigenvalue weighted by Crippen LogP contribution is -2.62. The molecule has 0 spiro atoms. The maximum atomic E-state index is 13.0. The lowest BCUT2D eigenvalue weighted by Gasteiger charge is -2.44. The smallest absolute Gasteiger partial charge is 0.227 e. The molecular formula is C34H63NO6. The van der Waals surface area contributed by atoms with Crippen molar-refractivity contribution in [3.8, 4) is 0 Å². The predicted octanol–water partition coefficient (Wildman–Crippen LogP) is 7.78. The summed E-state index contributed by atoms with van der Waals surface area (Å²) in [5.41, 5.74) is 0. The first kappa shape index (κ1) is 37.6. The molecule has 1 aliphatic rings. The van der Waals surface area contributed by atoms with Crippen LogP contribution in [0.3, 0.4) is 0 Å². The fourth-order valence-corrected chi connectivity index (χ4v) is 5.55. The van der Waals surface area contributed by atoms with Gasteiger partial charge in [0.1, 0.15) is 11.8 Å². The van der Waals surface area contributed by atoms with Crippen molar-refractivity contribution in [2.75, 3.05) is 13.2 Å². The molecule has 1 unspecified atom stereocenters. The Bertz CT molecular complexity index is 684. The minimum Gasteiger partial charge on any atom is -0.471 e. The van der Waals surface area contributed by atoms with Crippen molar-refractivity contribution in [3.63, 3.8) is 0 Å². The number of ether oxygens (including phenoxy) is 3. The van der Waals surface area contributed by atoms with Gasteiger partial charge in [-0.1, -0.05) is 123 Å². The number of rotatable bonds is 26. The maximum Gasteiger partial charge on any atom is 0.227 e. The van der Waals surface area contributed by atoms with E-state index in [1.54, 1.807) is 6.08 Å². The molecule has 5 atom stereocenters. The molecule has 1 aliphatic heterocycles. The van der Waals surface area contributed by atoms with Crippen molar-refractivity contribution >= 4 is 11.7 Å². The van der Waals surface area contributed by atoms with Crippen LogP contribution in [0, 0.1) is 5.92 Å². The molecule has 240 valence electrons. The quantitative estimate of drug-likeness (QED) is 0.0615. The molecule has 41 heavy (non-hydrogen) atoms. The van der Waals surface area contributed by atoms with Crippen molar-refractivity contribution in [1.82, 2.24) is 5.32 Å². The zero-order chi connectivity index (χ0) is 30.1. The molecule has 0 aromatic rings. The van der Waals surface area contributed by atoms with E-state index >= 15 is 0 Å². The van der Waals surface area contributed by atoms with Crippen molar-refractivity contribution < 1.29 is 28.9 Å². The summed E-state index contributed by atoms with van der Waals surface area (Å²) in [6.45, 7) is 8.68. The van der Waals surface area contributed by atoms with Crippen molar-refractivity contribution in [2.45, 2.75) is 174 Å². The van der Waals surface area contributed by atoms with Crippen molar-refractivity contribution in [3.05, 3.63) is 12.3 Å². The topological polar surface area (TPSA) is 94.1 Å². The SMILES string of the molecule is C/C=C\O[C@H]1O[C@H](CO)C(C)[C@H](OCCCCCCCCCC)[C@H]1NC(=O)CC(=O)CCCCCCCCCCC. The maximum absolute atomic E-state index is 13.0. The largest absolute Gasteiger partial charge is 0.471 e. The molecule has 1 saturated heterocycles. The second kappa shape index (κ2) is 25.1. The lowest BCUT2D eigenvalue weighted by molar-refractivity contribution is -0.245. The Morgan fingerprint density at radius 2 is 1.37 bits per heavy atom. The summed E-state index contributed by atoms with van der Waals surface area (Å²) in [5, 5.41) is 12.9. The monoisotopic (exact) mass is 581 g/mol. The summed E-state index contributed by atoms with van der Waals surface area (Å²) >= 11 is 0. The van der Waals surface area contributed by atoms with Gasteiger partial charge in [0.25, 0.3) is 0 Å². The third kappa shape index (κ3) is 17.3. The molecular weight excluding hydrogens is 518 g/mol. The van der Waals surface area contributed by atoms with Gasteiger partial charge in [0.2, 0.25) is 12.2 Å². The van der Waals surface area contributed by atoms with Gasteiger partial charge in [0.05, 0.1) is 31.5 Å². The highest BCUT2D eigenvalue weighted by Crippen LogP contribution is 2.29. The van der Waals surface area contributed by atoms with Crippen LogP contribution in [0.25, 0.3) is 0 Å². The number of hydrogen-bond acceptors (Lipinski definition) is 6. The number of aliphatic hydroxyl groups is 1. The van der Waals surface area contributed by atoms with Gasteiger partial charge in [-0.05, 0) is 19.8 Å². The molecule has 2 N–H and O–H groups in total. The van der Waals surface area contributed by atoms with Gasteiger partial charge in [-0.2, -0.15) is 0 Å². The number of ketones is 1. The van der Waals surface area contributed by atoms with Crippen LogP contribution in [-0.2, 0) is 23.8 Å². The molecule has 1 heterocycles. The highest BCUT2D eigenvalue weighted by molar-refractivity contribution is 5.98. The Morgan fingerprint density at radius 1 is 0.829 bits per heavy atom. The number of amides is 1.